The van der Waals surface area contributed by atoms with E-state index in [0.29, 0.717) is 31.2 Å². The molecular formula is C24H26N2O4S. The predicted molar refractivity (Wildman–Crippen MR) is 120 cm³/mol. The van der Waals surface area contributed by atoms with E-state index in [4.69, 9.17) is 14.2 Å². The number of rotatable bonds is 8. The first-order valence-corrected chi connectivity index (χ1v) is 11.1. The van der Waals surface area contributed by atoms with E-state index in [-0.39, 0.29) is 12.0 Å². The number of hydrogen-bond donors (Lipinski definition) is 0. The van der Waals surface area contributed by atoms with Crippen molar-refractivity contribution in [1.82, 2.24) is 9.88 Å². The third-order valence-corrected chi connectivity index (χ3v) is 6.11. The SMILES string of the molecule is COc1cc(CN(Cc2cccnc2)C(=O)c2ccc(C)s2)ccc1OC1CCOC1. The number of aryl methyl sites for hydroxylation is 1. The van der Waals surface area contributed by atoms with Crippen molar-refractivity contribution in [3.05, 3.63) is 75.7 Å². The smallest absolute Gasteiger partial charge is 0.264 e. The normalized spacial score (nSPS) is 15.6. The van der Waals surface area contributed by atoms with Crippen molar-refractivity contribution >= 4 is 17.2 Å². The van der Waals surface area contributed by atoms with Crippen LogP contribution in [0.4, 0.5) is 0 Å². The van der Waals surface area contributed by atoms with E-state index in [1.54, 1.807) is 19.5 Å². The molecule has 0 saturated carbocycles. The van der Waals surface area contributed by atoms with Crippen molar-refractivity contribution in [2.24, 2.45) is 0 Å². The number of pyridine rings is 1. The molecule has 1 fully saturated rings. The maximum absolute atomic E-state index is 13.3. The minimum atomic E-state index is 0.00403. The lowest BCUT2D eigenvalue weighted by molar-refractivity contribution is 0.0734. The van der Waals surface area contributed by atoms with Gasteiger partial charge < -0.3 is 19.1 Å². The molecule has 31 heavy (non-hydrogen) atoms. The van der Waals surface area contributed by atoms with Gasteiger partial charge in [0.2, 0.25) is 0 Å². The van der Waals surface area contributed by atoms with E-state index in [1.807, 2.05) is 54.3 Å². The summed E-state index contributed by atoms with van der Waals surface area (Å²) in [6.07, 6.45) is 4.45. The monoisotopic (exact) mass is 438 g/mol. The molecule has 1 aliphatic heterocycles. The van der Waals surface area contributed by atoms with Crippen LogP contribution < -0.4 is 9.47 Å². The number of nitrogens with zero attached hydrogens (tertiary/aromatic N) is 2. The molecule has 3 heterocycles. The fourth-order valence-electron chi connectivity index (χ4n) is 3.53. The topological polar surface area (TPSA) is 60.9 Å². The standard InChI is InChI=1S/C24H26N2O4S/c1-17-5-8-23(31-17)24(27)26(15-19-4-3-10-25-13-19)14-18-6-7-21(22(12-18)28-2)30-20-9-11-29-16-20/h3-8,10,12-13,20H,9,11,14-16H2,1-2H3. The van der Waals surface area contributed by atoms with Gasteiger partial charge in [0.15, 0.2) is 11.5 Å². The van der Waals surface area contributed by atoms with Gasteiger partial charge in [0, 0.05) is 36.8 Å². The second kappa shape index (κ2) is 9.94. The number of hydrogen-bond acceptors (Lipinski definition) is 6. The second-order valence-electron chi connectivity index (χ2n) is 7.52. The molecule has 0 spiro atoms. The van der Waals surface area contributed by atoms with Crippen LogP contribution in [0.2, 0.25) is 0 Å². The molecule has 1 unspecified atom stereocenters. The average Bonchev–Trinajstić information content (AvgIpc) is 3.46. The lowest BCUT2D eigenvalue weighted by Gasteiger charge is -2.23. The largest absolute Gasteiger partial charge is 0.493 e. The summed E-state index contributed by atoms with van der Waals surface area (Å²) >= 11 is 1.51. The van der Waals surface area contributed by atoms with Crippen molar-refractivity contribution in [2.45, 2.75) is 32.5 Å². The third kappa shape index (κ3) is 5.42. The summed E-state index contributed by atoms with van der Waals surface area (Å²) in [6, 6.07) is 13.6. The number of aromatic nitrogens is 1. The number of carbonyl (C=O) groups is 1. The first-order valence-electron chi connectivity index (χ1n) is 10.3. The Morgan fingerprint density at radius 2 is 2.06 bits per heavy atom. The third-order valence-electron chi connectivity index (χ3n) is 5.12. The fraction of sp³-hybridized carbons (Fsp3) is 0.333. The summed E-state index contributed by atoms with van der Waals surface area (Å²) in [4.78, 5) is 21.1. The highest BCUT2D eigenvalue weighted by Gasteiger charge is 2.21. The molecule has 1 aromatic carbocycles. The first kappa shape index (κ1) is 21.3. The van der Waals surface area contributed by atoms with Crippen LogP contribution in [0.25, 0.3) is 0 Å². The number of thiophene rings is 1. The molecule has 3 aromatic rings. The molecule has 1 aliphatic rings. The minimum Gasteiger partial charge on any atom is -0.493 e. The quantitative estimate of drug-likeness (QED) is 0.519. The lowest BCUT2D eigenvalue weighted by Crippen LogP contribution is -2.29. The average molecular weight is 439 g/mol. The van der Waals surface area contributed by atoms with Crippen LogP contribution in [0.3, 0.4) is 0 Å². The van der Waals surface area contributed by atoms with Gasteiger partial charge in [-0.2, -0.15) is 0 Å². The van der Waals surface area contributed by atoms with Gasteiger partial charge >= 0.3 is 0 Å². The van der Waals surface area contributed by atoms with Crippen molar-refractivity contribution in [3.63, 3.8) is 0 Å². The van der Waals surface area contributed by atoms with E-state index >= 15 is 0 Å². The zero-order valence-electron chi connectivity index (χ0n) is 17.7. The molecule has 2 aromatic heterocycles. The van der Waals surface area contributed by atoms with Crippen LogP contribution in [0, 0.1) is 6.92 Å². The molecule has 1 atom stereocenters. The predicted octanol–water partition coefficient (Wildman–Crippen LogP) is 4.47. The highest BCUT2D eigenvalue weighted by atomic mass is 32.1. The summed E-state index contributed by atoms with van der Waals surface area (Å²) in [5.41, 5.74) is 1.95. The van der Waals surface area contributed by atoms with E-state index in [0.717, 1.165) is 33.9 Å². The van der Waals surface area contributed by atoms with Gasteiger partial charge in [-0.25, -0.2) is 0 Å². The molecule has 4 rings (SSSR count). The van der Waals surface area contributed by atoms with E-state index in [1.165, 1.54) is 11.3 Å². The molecule has 0 radical (unpaired) electrons. The number of ether oxygens (including phenoxy) is 3. The van der Waals surface area contributed by atoms with E-state index < -0.39 is 0 Å². The Hall–Kier alpha value is -2.90. The summed E-state index contributed by atoms with van der Waals surface area (Å²) in [7, 11) is 1.63. The maximum atomic E-state index is 13.3. The minimum absolute atomic E-state index is 0.00403. The van der Waals surface area contributed by atoms with Gasteiger partial charge in [-0.3, -0.25) is 9.78 Å². The Morgan fingerprint density at radius 1 is 1.19 bits per heavy atom. The lowest BCUT2D eigenvalue weighted by atomic mass is 10.1. The molecule has 162 valence electrons. The van der Waals surface area contributed by atoms with Crippen molar-refractivity contribution in [3.8, 4) is 11.5 Å². The van der Waals surface area contributed by atoms with Gasteiger partial charge in [-0.15, -0.1) is 11.3 Å². The van der Waals surface area contributed by atoms with Crippen molar-refractivity contribution < 1.29 is 19.0 Å². The van der Waals surface area contributed by atoms with Crippen molar-refractivity contribution in [2.75, 3.05) is 20.3 Å². The summed E-state index contributed by atoms with van der Waals surface area (Å²) < 4.78 is 17.0. The molecule has 1 amide bonds. The highest BCUT2D eigenvalue weighted by molar-refractivity contribution is 7.13. The number of benzene rings is 1. The Labute approximate surface area is 186 Å². The second-order valence-corrected chi connectivity index (χ2v) is 8.81. The molecule has 0 N–H and O–H groups in total. The molecule has 7 heteroatoms. The van der Waals surface area contributed by atoms with Crippen LogP contribution in [-0.2, 0) is 17.8 Å². The Balaban J connectivity index is 1.55. The number of amides is 1. The van der Waals surface area contributed by atoms with Gasteiger partial charge in [-0.05, 0) is 48.4 Å². The summed E-state index contributed by atoms with van der Waals surface area (Å²) in [5, 5.41) is 0. The zero-order chi connectivity index (χ0) is 21.6. The fourth-order valence-corrected chi connectivity index (χ4v) is 4.37. The Morgan fingerprint density at radius 3 is 2.74 bits per heavy atom. The van der Waals surface area contributed by atoms with Gasteiger partial charge in [0.05, 0.1) is 25.2 Å². The first-order chi connectivity index (χ1) is 15.1. The molecule has 6 nitrogen and oxygen atoms in total. The van der Waals surface area contributed by atoms with Crippen LogP contribution in [0.5, 0.6) is 11.5 Å². The van der Waals surface area contributed by atoms with Crippen LogP contribution in [0.15, 0.2) is 54.9 Å². The summed E-state index contributed by atoms with van der Waals surface area (Å²) in [5.74, 6) is 1.36. The highest BCUT2D eigenvalue weighted by Crippen LogP contribution is 2.31. The van der Waals surface area contributed by atoms with Gasteiger partial charge in [-0.1, -0.05) is 12.1 Å². The van der Waals surface area contributed by atoms with Crippen LogP contribution >= 0.6 is 11.3 Å². The number of methoxy groups -OCH3 is 1. The summed E-state index contributed by atoms with van der Waals surface area (Å²) in [6.45, 7) is 4.25. The van der Waals surface area contributed by atoms with Crippen LogP contribution in [-0.4, -0.2) is 42.2 Å². The van der Waals surface area contributed by atoms with E-state index in [9.17, 15) is 4.79 Å². The Kier molecular flexibility index (Phi) is 6.84. The molecular weight excluding hydrogens is 412 g/mol. The maximum Gasteiger partial charge on any atom is 0.264 e. The van der Waals surface area contributed by atoms with E-state index in [2.05, 4.69) is 4.98 Å². The molecule has 0 bridgehead atoms. The van der Waals surface area contributed by atoms with Gasteiger partial charge in [0.25, 0.3) is 5.91 Å². The van der Waals surface area contributed by atoms with Gasteiger partial charge in [0.1, 0.15) is 6.10 Å². The molecule has 1 saturated heterocycles. The number of carbonyl (C=O) groups excluding carboxylic acids is 1. The molecule has 0 aliphatic carbocycles. The Bertz CT molecular complexity index is 1020. The van der Waals surface area contributed by atoms with Crippen molar-refractivity contribution in [1.29, 1.82) is 0 Å². The zero-order valence-corrected chi connectivity index (χ0v) is 18.6. The van der Waals surface area contributed by atoms with Crippen LogP contribution in [0.1, 0.15) is 32.1 Å².